The standard InChI is InChI=1S/C22H28N2O4/c1-15(2)19-11-18(25)12-22(28-19)7-9-24(10-8-22)21(26)17-5-3-16(4-6-17)20-13-23-14-27-20/h3-6,13-15,18-19,25H,7-12H2,1-2H3/t18-,19-/m1/s1. The molecule has 28 heavy (non-hydrogen) atoms. The second kappa shape index (κ2) is 7.68. The first kappa shape index (κ1) is 19.2. The maximum absolute atomic E-state index is 12.9. The lowest BCUT2D eigenvalue weighted by Crippen LogP contribution is -2.54. The van der Waals surface area contributed by atoms with E-state index in [0.717, 1.165) is 18.4 Å². The third-order valence-electron chi connectivity index (χ3n) is 6.07. The van der Waals surface area contributed by atoms with E-state index >= 15 is 0 Å². The highest BCUT2D eigenvalue weighted by molar-refractivity contribution is 5.94. The number of rotatable bonds is 3. The monoisotopic (exact) mass is 384 g/mol. The number of likely N-dealkylation sites (tertiary alicyclic amines) is 1. The Balaban J connectivity index is 1.40. The fraction of sp³-hybridized carbons (Fsp3) is 0.545. The molecule has 2 fully saturated rings. The minimum atomic E-state index is -0.313. The molecule has 1 aromatic heterocycles. The molecule has 0 aliphatic carbocycles. The van der Waals surface area contributed by atoms with Gasteiger partial charge in [0, 0.05) is 30.6 Å². The molecular weight excluding hydrogens is 356 g/mol. The van der Waals surface area contributed by atoms with Gasteiger partial charge >= 0.3 is 0 Å². The molecule has 1 spiro atoms. The molecule has 1 N–H and O–H groups in total. The number of aromatic nitrogens is 1. The molecule has 0 saturated carbocycles. The van der Waals surface area contributed by atoms with Gasteiger partial charge in [-0.2, -0.15) is 0 Å². The van der Waals surface area contributed by atoms with Crippen molar-refractivity contribution < 1.29 is 19.1 Å². The summed E-state index contributed by atoms with van der Waals surface area (Å²) in [5, 5.41) is 10.3. The summed E-state index contributed by atoms with van der Waals surface area (Å²) < 4.78 is 11.7. The van der Waals surface area contributed by atoms with Crippen molar-refractivity contribution in [2.45, 2.75) is 57.3 Å². The van der Waals surface area contributed by atoms with Gasteiger partial charge in [0.1, 0.15) is 0 Å². The van der Waals surface area contributed by atoms with E-state index in [9.17, 15) is 9.90 Å². The van der Waals surface area contributed by atoms with E-state index in [0.29, 0.717) is 43.2 Å². The topological polar surface area (TPSA) is 75.8 Å². The van der Waals surface area contributed by atoms with Crippen LogP contribution in [-0.4, -0.2) is 51.8 Å². The van der Waals surface area contributed by atoms with Crippen LogP contribution in [0.2, 0.25) is 0 Å². The first-order valence-electron chi connectivity index (χ1n) is 10.1. The Labute approximate surface area is 165 Å². The van der Waals surface area contributed by atoms with Gasteiger partial charge in [-0.25, -0.2) is 4.98 Å². The Morgan fingerprint density at radius 2 is 1.96 bits per heavy atom. The van der Waals surface area contributed by atoms with Crippen LogP contribution in [0.25, 0.3) is 11.3 Å². The van der Waals surface area contributed by atoms with Gasteiger partial charge in [-0.15, -0.1) is 0 Å². The molecule has 4 rings (SSSR count). The first-order chi connectivity index (χ1) is 13.5. The summed E-state index contributed by atoms with van der Waals surface area (Å²) in [6, 6.07) is 7.43. The van der Waals surface area contributed by atoms with E-state index in [4.69, 9.17) is 9.15 Å². The van der Waals surface area contributed by atoms with Crippen LogP contribution in [-0.2, 0) is 4.74 Å². The average molecular weight is 384 g/mol. The highest BCUT2D eigenvalue weighted by Gasteiger charge is 2.44. The lowest BCUT2D eigenvalue weighted by molar-refractivity contribution is -0.190. The zero-order valence-corrected chi connectivity index (χ0v) is 16.5. The molecule has 2 aliphatic heterocycles. The molecule has 6 heteroatoms. The third kappa shape index (κ3) is 3.84. The van der Waals surface area contributed by atoms with Crippen LogP contribution < -0.4 is 0 Å². The molecule has 0 bridgehead atoms. The van der Waals surface area contributed by atoms with Gasteiger partial charge in [0.25, 0.3) is 5.91 Å². The highest BCUT2D eigenvalue weighted by atomic mass is 16.5. The molecule has 2 saturated heterocycles. The summed E-state index contributed by atoms with van der Waals surface area (Å²) in [4.78, 5) is 18.7. The predicted molar refractivity (Wildman–Crippen MR) is 105 cm³/mol. The number of ether oxygens (including phenoxy) is 1. The van der Waals surface area contributed by atoms with Gasteiger partial charge in [0.2, 0.25) is 0 Å². The van der Waals surface area contributed by atoms with Crippen molar-refractivity contribution >= 4 is 5.91 Å². The molecule has 6 nitrogen and oxygen atoms in total. The number of nitrogens with zero attached hydrogens (tertiary/aromatic N) is 2. The van der Waals surface area contributed by atoms with Gasteiger partial charge in [-0.1, -0.05) is 26.0 Å². The number of benzene rings is 1. The number of hydrogen-bond acceptors (Lipinski definition) is 5. The van der Waals surface area contributed by atoms with E-state index < -0.39 is 0 Å². The Morgan fingerprint density at radius 1 is 1.25 bits per heavy atom. The lowest BCUT2D eigenvalue weighted by atomic mass is 9.80. The van der Waals surface area contributed by atoms with Gasteiger partial charge in [0.05, 0.1) is 24.0 Å². The van der Waals surface area contributed by atoms with E-state index in [1.54, 1.807) is 6.20 Å². The number of oxazole rings is 1. The molecule has 1 aromatic carbocycles. The zero-order chi connectivity index (χ0) is 19.7. The molecule has 3 heterocycles. The molecule has 2 aromatic rings. The molecular formula is C22H28N2O4. The molecule has 150 valence electrons. The number of hydrogen-bond donors (Lipinski definition) is 1. The van der Waals surface area contributed by atoms with E-state index in [2.05, 4.69) is 18.8 Å². The second-order valence-electron chi connectivity index (χ2n) is 8.41. The molecule has 2 aliphatic rings. The summed E-state index contributed by atoms with van der Waals surface area (Å²) >= 11 is 0. The fourth-order valence-corrected chi connectivity index (χ4v) is 4.36. The number of amides is 1. The lowest BCUT2D eigenvalue weighted by Gasteiger charge is -2.48. The summed E-state index contributed by atoms with van der Waals surface area (Å²) in [6.07, 6.45) is 5.76. The number of aliphatic hydroxyl groups excluding tert-OH is 1. The van der Waals surface area contributed by atoms with Gasteiger partial charge in [-0.05, 0) is 37.3 Å². The summed E-state index contributed by atoms with van der Waals surface area (Å²) in [7, 11) is 0. The SMILES string of the molecule is CC(C)[C@H]1C[C@@H](O)CC2(CCN(C(=O)c3ccc(-c4cnco4)cc3)CC2)O1. The largest absolute Gasteiger partial charge is 0.444 e. The number of carbonyl (C=O) groups excluding carboxylic acids is 1. The van der Waals surface area contributed by atoms with Crippen molar-refractivity contribution in [3.05, 3.63) is 42.4 Å². The van der Waals surface area contributed by atoms with Gasteiger partial charge in [-0.3, -0.25) is 4.79 Å². The van der Waals surface area contributed by atoms with Crippen LogP contribution in [0.3, 0.4) is 0 Å². The highest BCUT2D eigenvalue weighted by Crippen LogP contribution is 2.39. The Bertz CT molecular complexity index is 792. The van der Waals surface area contributed by atoms with E-state index in [1.165, 1.54) is 6.39 Å². The normalized spacial score (nSPS) is 24.6. The second-order valence-corrected chi connectivity index (χ2v) is 8.41. The summed E-state index contributed by atoms with van der Waals surface area (Å²) in [6.45, 7) is 5.58. The Hall–Kier alpha value is -2.18. The maximum atomic E-state index is 12.9. The van der Waals surface area contributed by atoms with Crippen LogP contribution in [0, 0.1) is 5.92 Å². The van der Waals surface area contributed by atoms with Crippen molar-refractivity contribution in [2.24, 2.45) is 5.92 Å². The van der Waals surface area contributed by atoms with Crippen LogP contribution in [0.15, 0.2) is 41.3 Å². The van der Waals surface area contributed by atoms with Crippen molar-refractivity contribution in [2.75, 3.05) is 13.1 Å². The quantitative estimate of drug-likeness (QED) is 0.876. The van der Waals surface area contributed by atoms with Crippen LogP contribution in [0.4, 0.5) is 0 Å². The molecule has 0 radical (unpaired) electrons. The van der Waals surface area contributed by atoms with Crippen LogP contribution >= 0.6 is 0 Å². The van der Waals surface area contributed by atoms with Crippen molar-refractivity contribution in [3.8, 4) is 11.3 Å². The molecule has 1 amide bonds. The smallest absolute Gasteiger partial charge is 0.253 e. The Morgan fingerprint density at radius 3 is 2.57 bits per heavy atom. The number of piperidine rings is 1. The first-order valence-corrected chi connectivity index (χ1v) is 10.1. The maximum Gasteiger partial charge on any atom is 0.253 e. The third-order valence-corrected chi connectivity index (χ3v) is 6.07. The summed E-state index contributed by atoms with van der Waals surface area (Å²) in [5.74, 6) is 1.11. The van der Waals surface area contributed by atoms with Crippen molar-refractivity contribution in [3.63, 3.8) is 0 Å². The van der Waals surface area contributed by atoms with Crippen LogP contribution in [0.5, 0.6) is 0 Å². The number of aliphatic hydroxyl groups is 1. The van der Waals surface area contributed by atoms with Crippen LogP contribution in [0.1, 0.15) is 49.9 Å². The summed E-state index contributed by atoms with van der Waals surface area (Å²) in [5.41, 5.74) is 1.28. The molecule has 0 unspecified atom stereocenters. The minimum Gasteiger partial charge on any atom is -0.444 e. The van der Waals surface area contributed by atoms with Crippen molar-refractivity contribution in [1.82, 2.24) is 9.88 Å². The predicted octanol–water partition coefficient (Wildman–Crippen LogP) is 3.51. The average Bonchev–Trinajstić information content (AvgIpc) is 3.22. The minimum absolute atomic E-state index is 0.0377. The fourth-order valence-electron chi connectivity index (χ4n) is 4.36. The van der Waals surface area contributed by atoms with Gasteiger partial charge < -0.3 is 19.2 Å². The van der Waals surface area contributed by atoms with Crippen molar-refractivity contribution in [1.29, 1.82) is 0 Å². The Kier molecular flexibility index (Phi) is 5.25. The molecule has 2 atom stereocenters. The zero-order valence-electron chi connectivity index (χ0n) is 16.5. The van der Waals surface area contributed by atoms with Gasteiger partial charge in [0.15, 0.2) is 12.2 Å². The van der Waals surface area contributed by atoms with E-state index in [-0.39, 0.29) is 23.7 Å². The van der Waals surface area contributed by atoms with E-state index in [1.807, 2.05) is 29.2 Å². The number of carbonyl (C=O) groups is 1.